The van der Waals surface area contributed by atoms with E-state index in [0.29, 0.717) is 12.4 Å². The van der Waals surface area contributed by atoms with Gasteiger partial charge in [-0.05, 0) is 40.7 Å². The van der Waals surface area contributed by atoms with Crippen molar-refractivity contribution >= 4 is 0 Å². The zero-order chi connectivity index (χ0) is 15.5. The van der Waals surface area contributed by atoms with Crippen molar-refractivity contribution < 1.29 is 9.47 Å². The third-order valence-electron chi connectivity index (χ3n) is 3.44. The van der Waals surface area contributed by atoms with Crippen LogP contribution >= 0.6 is 0 Å². The number of nitrogens with one attached hydrogen (secondary N) is 1. The summed E-state index contributed by atoms with van der Waals surface area (Å²) in [6, 6.07) is 3.87. The van der Waals surface area contributed by atoms with Gasteiger partial charge < -0.3 is 14.8 Å². The smallest absolute Gasteiger partial charge is 0.233 e. The highest BCUT2D eigenvalue weighted by Crippen LogP contribution is 2.22. The zero-order valence-electron chi connectivity index (χ0n) is 13.7. The predicted molar refractivity (Wildman–Crippen MR) is 82.3 cm³/mol. The average Bonchev–Trinajstić information content (AvgIpc) is 2.36. The van der Waals surface area contributed by atoms with Crippen LogP contribution in [0.5, 0.6) is 5.88 Å². The molecular weight excluding hydrogens is 266 g/mol. The van der Waals surface area contributed by atoms with Crippen molar-refractivity contribution in [2.24, 2.45) is 0 Å². The maximum absolute atomic E-state index is 5.92. The van der Waals surface area contributed by atoms with Gasteiger partial charge >= 0.3 is 0 Å². The minimum Gasteiger partial charge on any atom is -0.473 e. The van der Waals surface area contributed by atoms with Crippen LogP contribution in [-0.4, -0.2) is 34.0 Å². The number of aromatic nitrogens is 2. The maximum atomic E-state index is 5.92. The summed E-state index contributed by atoms with van der Waals surface area (Å²) in [4.78, 5) is 0. The van der Waals surface area contributed by atoms with E-state index >= 15 is 0 Å². The van der Waals surface area contributed by atoms with Crippen LogP contribution in [0.3, 0.4) is 0 Å². The molecule has 1 aliphatic heterocycles. The van der Waals surface area contributed by atoms with Crippen molar-refractivity contribution in [3.05, 3.63) is 17.8 Å². The van der Waals surface area contributed by atoms with E-state index in [1.54, 1.807) is 0 Å². The van der Waals surface area contributed by atoms with E-state index in [1.165, 1.54) is 0 Å². The lowest BCUT2D eigenvalue weighted by Gasteiger charge is -2.31. The standard InChI is InChI=1S/C16H27N3O2/c1-11-8-14(9-12(2)20-11)21-15-7-6-13(18-19-15)10-17-16(3,4)5/h6-7,11-12,14,17H,8-10H2,1-5H3. The molecule has 1 aromatic heterocycles. The Morgan fingerprint density at radius 3 is 2.38 bits per heavy atom. The average molecular weight is 293 g/mol. The topological polar surface area (TPSA) is 56.3 Å². The molecule has 0 amide bonds. The SMILES string of the molecule is CC1CC(Oc2ccc(CNC(C)(C)C)nn2)CC(C)O1. The Balaban J connectivity index is 1.87. The molecule has 1 aromatic rings. The lowest BCUT2D eigenvalue weighted by molar-refractivity contribution is -0.0731. The fraction of sp³-hybridized carbons (Fsp3) is 0.750. The number of hydrogen-bond donors (Lipinski definition) is 1. The highest BCUT2D eigenvalue weighted by Gasteiger charge is 2.26. The summed E-state index contributed by atoms with van der Waals surface area (Å²) < 4.78 is 11.6. The molecule has 118 valence electrons. The molecule has 2 heterocycles. The van der Waals surface area contributed by atoms with Crippen LogP contribution in [0.25, 0.3) is 0 Å². The number of rotatable bonds is 4. The molecule has 1 fully saturated rings. The fourth-order valence-corrected chi connectivity index (χ4v) is 2.47. The van der Waals surface area contributed by atoms with Gasteiger partial charge in [-0.3, -0.25) is 0 Å². The maximum Gasteiger partial charge on any atom is 0.233 e. The van der Waals surface area contributed by atoms with Crippen molar-refractivity contribution in [3.63, 3.8) is 0 Å². The van der Waals surface area contributed by atoms with Crippen LogP contribution in [0.15, 0.2) is 12.1 Å². The van der Waals surface area contributed by atoms with Crippen LogP contribution in [-0.2, 0) is 11.3 Å². The minimum absolute atomic E-state index is 0.0746. The van der Waals surface area contributed by atoms with Crippen LogP contribution in [0.1, 0.15) is 53.2 Å². The minimum atomic E-state index is 0.0746. The second-order valence-electron chi connectivity index (χ2n) is 6.94. The largest absolute Gasteiger partial charge is 0.473 e. The van der Waals surface area contributed by atoms with Crippen LogP contribution in [0.2, 0.25) is 0 Å². The lowest BCUT2D eigenvalue weighted by Crippen LogP contribution is -2.36. The van der Waals surface area contributed by atoms with E-state index in [4.69, 9.17) is 9.47 Å². The molecule has 0 radical (unpaired) electrons. The Morgan fingerprint density at radius 2 is 1.86 bits per heavy atom. The molecule has 2 unspecified atom stereocenters. The summed E-state index contributed by atoms with van der Waals surface area (Å²) in [5.41, 5.74) is 0.997. The number of nitrogens with zero attached hydrogens (tertiary/aromatic N) is 2. The first-order valence-corrected chi connectivity index (χ1v) is 7.71. The van der Waals surface area contributed by atoms with E-state index in [2.05, 4.69) is 50.1 Å². The first kappa shape index (κ1) is 16.2. The van der Waals surface area contributed by atoms with Gasteiger partial charge in [-0.2, -0.15) is 5.10 Å². The quantitative estimate of drug-likeness (QED) is 0.925. The van der Waals surface area contributed by atoms with Gasteiger partial charge in [-0.25, -0.2) is 0 Å². The normalized spacial score (nSPS) is 26.6. The Morgan fingerprint density at radius 1 is 1.19 bits per heavy atom. The highest BCUT2D eigenvalue weighted by atomic mass is 16.5. The Hall–Kier alpha value is -1.20. The van der Waals surface area contributed by atoms with Gasteiger partial charge in [-0.1, -0.05) is 0 Å². The lowest BCUT2D eigenvalue weighted by atomic mass is 10.0. The molecule has 1 N–H and O–H groups in total. The Labute approximate surface area is 127 Å². The predicted octanol–water partition coefficient (Wildman–Crippen LogP) is 2.70. The van der Waals surface area contributed by atoms with Crippen LogP contribution < -0.4 is 10.1 Å². The molecule has 1 saturated heterocycles. The number of hydrogen-bond acceptors (Lipinski definition) is 5. The van der Waals surface area contributed by atoms with E-state index in [0.717, 1.165) is 18.5 Å². The van der Waals surface area contributed by atoms with Crippen molar-refractivity contribution in [1.29, 1.82) is 0 Å². The van der Waals surface area contributed by atoms with E-state index < -0.39 is 0 Å². The first-order chi connectivity index (χ1) is 9.82. The van der Waals surface area contributed by atoms with Crippen LogP contribution in [0.4, 0.5) is 0 Å². The zero-order valence-corrected chi connectivity index (χ0v) is 13.7. The van der Waals surface area contributed by atoms with Gasteiger partial charge in [0.15, 0.2) is 0 Å². The Bertz CT molecular complexity index is 432. The summed E-state index contributed by atoms with van der Waals surface area (Å²) in [6.45, 7) is 11.3. The molecule has 0 bridgehead atoms. The molecule has 5 nitrogen and oxygen atoms in total. The number of ether oxygens (including phenoxy) is 2. The van der Waals surface area contributed by atoms with Gasteiger partial charge in [0, 0.05) is 31.0 Å². The van der Waals surface area contributed by atoms with Gasteiger partial charge in [0.25, 0.3) is 0 Å². The third-order valence-corrected chi connectivity index (χ3v) is 3.44. The summed E-state index contributed by atoms with van der Waals surface area (Å²) in [6.07, 6.45) is 2.44. The van der Waals surface area contributed by atoms with Crippen molar-refractivity contribution in [1.82, 2.24) is 15.5 Å². The van der Waals surface area contributed by atoms with Gasteiger partial charge in [-0.15, -0.1) is 5.10 Å². The van der Waals surface area contributed by atoms with Crippen LogP contribution in [0, 0.1) is 0 Å². The molecule has 2 atom stereocenters. The fourth-order valence-electron chi connectivity index (χ4n) is 2.47. The summed E-state index contributed by atoms with van der Waals surface area (Å²) in [5, 5.41) is 11.8. The van der Waals surface area contributed by atoms with E-state index in [1.807, 2.05) is 12.1 Å². The highest BCUT2D eigenvalue weighted by molar-refractivity contribution is 5.12. The third kappa shape index (κ3) is 5.59. The molecule has 5 heteroatoms. The summed E-state index contributed by atoms with van der Waals surface area (Å²) >= 11 is 0. The van der Waals surface area contributed by atoms with E-state index in [9.17, 15) is 0 Å². The second-order valence-corrected chi connectivity index (χ2v) is 6.94. The molecule has 2 rings (SSSR count). The Kier molecular flexibility index (Phi) is 5.17. The molecule has 1 aliphatic rings. The molecule has 0 aliphatic carbocycles. The molecule has 21 heavy (non-hydrogen) atoms. The molecule has 0 spiro atoms. The van der Waals surface area contributed by atoms with Crippen molar-refractivity contribution in [2.75, 3.05) is 0 Å². The summed E-state index contributed by atoms with van der Waals surface area (Å²) in [5.74, 6) is 0.598. The van der Waals surface area contributed by atoms with Crippen molar-refractivity contribution in [3.8, 4) is 5.88 Å². The first-order valence-electron chi connectivity index (χ1n) is 7.71. The monoisotopic (exact) mass is 293 g/mol. The molecule has 0 aromatic carbocycles. The van der Waals surface area contributed by atoms with Gasteiger partial charge in [0.1, 0.15) is 6.10 Å². The van der Waals surface area contributed by atoms with E-state index in [-0.39, 0.29) is 23.9 Å². The molecular formula is C16H27N3O2. The van der Waals surface area contributed by atoms with Crippen molar-refractivity contribution in [2.45, 2.75) is 77.9 Å². The summed E-state index contributed by atoms with van der Waals surface area (Å²) in [7, 11) is 0. The van der Waals surface area contributed by atoms with Gasteiger partial charge in [0.05, 0.1) is 17.9 Å². The second kappa shape index (κ2) is 6.71. The molecule has 0 saturated carbocycles. The van der Waals surface area contributed by atoms with Gasteiger partial charge in [0.2, 0.25) is 5.88 Å².